The number of rotatable bonds is 5. The molecule has 1 fully saturated rings. The lowest BCUT2D eigenvalue weighted by molar-refractivity contribution is -0.146. The van der Waals surface area contributed by atoms with Crippen molar-refractivity contribution in [3.05, 3.63) is 23.8 Å². The Bertz CT molecular complexity index is 475. The van der Waals surface area contributed by atoms with Crippen molar-refractivity contribution in [2.24, 2.45) is 0 Å². The van der Waals surface area contributed by atoms with Gasteiger partial charge in [0, 0.05) is 6.54 Å². The molecule has 5 heteroatoms. The molecule has 1 saturated heterocycles. The lowest BCUT2D eigenvalue weighted by Gasteiger charge is -2.22. The van der Waals surface area contributed by atoms with Crippen LogP contribution in [0.2, 0.25) is 0 Å². The number of methoxy groups -OCH3 is 3. The number of hydrogen-bond acceptors (Lipinski definition) is 5. The maximum Gasteiger partial charge on any atom is 0.323 e. The molecule has 0 aliphatic carbocycles. The fourth-order valence-corrected chi connectivity index (χ4v) is 2.63. The lowest BCUT2D eigenvalue weighted by atomic mass is 10.1. The summed E-state index contributed by atoms with van der Waals surface area (Å²) < 4.78 is 15.4. The average molecular weight is 279 g/mol. The van der Waals surface area contributed by atoms with Gasteiger partial charge in [-0.15, -0.1) is 0 Å². The molecule has 0 amide bonds. The van der Waals surface area contributed by atoms with E-state index < -0.39 is 0 Å². The summed E-state index contributed by atoms with van der Waals surface area (Å²) in [7, 11) is 4.68. The fraction of sp³-hybridized carbons (Fsp3) is 0.533. The van der Waals surface area contributed by atoms with E-state index >= 15 is 0 Å². The Balaban J connectivity index is 2.11. The topological polar surface area (TPSA) is 48.0 Å². The SMILES string of the molecule is COC(=O)C1CCCN1Cc1ccc(OC)c(OC)c1. The summed E-state index contributed by atoms with van der Waals surface area (Å²) in [5.74, 6) is 1.27. The summed E-state index contributed by atoms with van der Waals surface area (Å²) >= 11 is 0. The van der Waals surface area contributed by atoms with Crippen LogP contribution in [0.25, 0.3) is 0 Å². The summed E-state index contributed by atoms with van der Waals surface area (Å²) in [6.07, 6.45) is 1.88. The first-order valence-corrected chi connectivity index (χ1v) is 6.72. The second kappa shape index (κ2) is 6.61. The fourth-order valence-electron chi connectivity index (χ4n) is 2.63. The zero-order valence-electron chi connectivity index (χ0n) is 12.2. The molecular weight excluding hydrogens is 258 g/mol. The second-order valence-electron chi connectivity index (χ2n) is 4.84. The molecular formula is C15H21NO4. The summed E-state index contributed by atoms with van der Waals surface area (Å²) in [6, 6.07) is 5.70. The van der Waals surface area contributed by atoms with Crippen LogP contribution in [0.5, 0.6) is 11.5 Å². The van der Waals surface area contributed by atoms with Crippen LogP contribution in [-0.4, -0.2) is 44.8 Å². The van der Waals surface area contributed by atoms with E-state index in [1.807, 2.05) is 18.2 Å². The van der Waals surface area contributed by atoms with Crippen molar-refractivity contribution in [1.82, 2.24) is 4.90 Å². The van der Waals surface area contributed by atoms with Gasteiger partial charge in [-0.2, -0.15) is 0 Å². The monoisotopic (exact) mass is 279 g/mol. The number of benzene rings is 1. The molecule has 2 rings (SSSR count). The minimum absolute atomic E-state index is 0.131. The van der Waals surface area contributed by atoms with Crippen molar-refractivity contribution in [3.8, 4) is 11.5 Å². The van der Waals surface area contributed by atoms with Gasteiger partial charge in [0.05, 0.1) is 21.3 Å². The quantitative estimate of drug-likeness (QED) is 0.770. The van der Waals surface area contributed by atoms with Crippen LogP contribution >= 0.6 is 0 Å². The van der Waals surface area contributed by atoms with Crippen molar-refractivity contribution in [3.63, 3.8) is 0 Å². The highest BCUT2D eigenvalue weighted by Crippen LogP contribution is 2.29. The molecule has 0 spiro atoms. The molecule has 5 nitrogen and oxygen atoms in total. The van der Waals surface area contributed by atoms with Crippen molar-refractivity contribution in [2.45, 2.75) is 25.4 Å². The van der Waals surface area contributed by atoms with Gasteiger partial charge in [0.15, 0.2) is 11.5 Å². The third-order valence-electron chi connectivity index (χ3n) is 3.67. The summed E-state index contributed by atoms with van der Waals surface area (Å²) in [5.41, 5.74) is 1.10. The van der Waals surface area contributed by atoms with Gasteiger partial charge in [0.2, 0.25) is 0 Å². The maximum absolute atomic E-state index is 11.7. The zero-order chi connectivity index (χ0) is 14.5. The minimum Gasteiger partial charge on any atom is -0.493 e. The second-order valence-corrected chi connectivity index (χ2v) is 4.84. The van der Waals surface area contributed by atoms with Crippen molar-refractivity contribution in [1.29, 1.82) is 0 Å². The van der Waals surface area contributed by atoms with Gasteiger partial charge in [-0.3, -0.25) is 9.69 Å². The Labute approximate surface area is 119 Å². The van der Waals surface area contributed by atoms with Gasteiger partial charge in [-0.1, -0.05) is 6.07 Å². The van der Waals surface area contributed by atoms with Gasteiger partial charge < -0.3 is 14.2 Å². The standard InChI is InChI=1S/C15H21NO4/c1-18-13-7-6-11(9-14(13)19-2)10-16-8-4-5-12(16)15(17)20-3/h6-7,9,12H,4-5,8,10H2,1-3H3. The van der Waals surface area contributed by atoms with E-state index in [4.69, 9.17) is 14.2 Å². The molecule has 110 valence electrons. The van der Waals surface area contributed by atoms with Crippen molar-refractivity contribution >= 4 is 5.97 Å². The molecule has 1 aromatic rings. The number of likely N-dealkylation sites (tertiary alicyclic amines) is 1. The average Bonchev–Trinajstić information content (AvgIpc) is 2.94. The van der Waals surface area contributed by atoms with Crippen molar-refractivity contribution in [2.75, 3.05) is 27.9 Å². The highest BCUT2D eigenvalue weighted by atomic mass is 16.5. The van der Waals surface area contributed by atoms with Crippen LogP contribution in [0.1, 0.15) is 18.4 Å². The third-order valence-corrected chi connectivity index (χ3v) is 3.67. The highest BCUT2D eigenvalue weighted by molar-refractivity contribution is 5.76. The number of esters is 1. The summed E-state index contributed by atoms with van der Waals surface area (Å²) in [6.45, 7) is 1.62. The number of ether oxygens (including phenoxy) is 3. The predicted octanol–water partition coefficient (Wildman–Crippen LogP) is 1.84. The Morgan fingerprint density at radius 1 is 1.25 bits per heavy atom. The number of hydrogen-bond donors (Lipinski definition) is 0. The van der Waals surface area contributed by atoms with Gasteiger partial charge in [0.1, 0.15) is 6.04 Å². The van der Waals surface area contributed by atoms with E-state index in [9.17, 15) is 4.79 Å². The van der Waals surface area contributed by atoms with Crippen LogP contribution in [-0.2, 0) is 16.1 Å². The summed E-state index contributed by atoms with van der Waals surface area (Å²) in [4.78, 5) is 13.9. The Kier molecular flexibility index (Phi) is 4.84. The van der Waals surface area contributed by atoms with Gasteiger partial charge >= 0.3 is 5.97 Å². The van der Waals surface area contributed by atoms with E-state index in [2.05, 4.69) is 4.90 Å². The van der Waals surface area contributed by atoms with E-state index in [1.165, 1.54) is 7.11 Å². The largest absolute Gasteiger partial charge is 0.493 e. The molecule has 1 atom stereocenters. The third kappa shape index (κ3) is 3.04. The number of carbonyl (C=O) groups excluding carboxylic acids is 1. The molecule has 1 heterocycles. The van der Waals surface area contributed by atoms with E-state index in [-0.39, 0.29) is 12.0 Å². The molecule has 1 aliphatic heterocycles. The molecule has 0 bridgehead atoms. The van der Waals surface area contributed by atoms with Gasteiger partial charge in [-0.25, -0.2) is 0 Å². The van der Waals surface area contributed by atoms with Crippen molar-refractivity contribution < 1.29 is 19.0 Å². The zero-order valence-corrected chi connectivity index (χ0v) is 12.2. The van der Waals surface area contributed by atoms with Gasteiger partial charge in [-0.05, 0) is 37.1 Å². The maximum atomic E-state index is 11.7. The molecule has 20 heavy (non-hydrogen) atoms. The molecule has 0 saturated carbocycles. The lowest BCUT2D eigenvalue weighted by Crippen LogP contribution is -2.36. The molecule has 1 unspecified atom stereocenters. The van der Waals surface area contributed by atoms with Crippen LogP contribution in [0.3, 0.4) is 0 Å². The smallest absolute Gasteiger partial charge is 0.323 e. The molecule has 0 N–H and O–H groups in total. The first-order valence-electron chi connectivity index (χ1n) is 6.72. The Hall–Kier alpha value is -1.75. The van der Waals surface area contributed by atoms with E-state index in [1.54, 1.807) is 14.2 Å². The molecule has 1 aromatic carbocycles. The van der Waals surface area contributed by atoms with Crippen LogP contribution in [0.15, 0.2) is 18.2 Å². The van der Waals surface area contributed by atoms with E-state index in [0.717, 1.165) is 24.9 Å². The number of nitrogens with zero attached hydrogens (tertiary/aromatic N) is 1. The Morgan fingerprint density at radius 2 is 2.00 bits per heavy atom. The highest BCUT2D eigenvalue weighted by Gasteiger charge is 2.31. The predicted molar refractivity (Wildman–Crippen MR) is 75.0 cm³/mol. The van der Waals surface area contributed by atoms with E-state index in [0.29, 0.717) is 18.0 Å². The number of carbonyl (C=O) groups is 1. The summed E-state index contributed by atoms with van der Waals surface area (Å²) in [5, 5.41) is 0. The molecule has 1 aliphatic rings. The van der Waals surface area contributed by atoms with Crippen LogP contribution in [0.4, 0.5) is 0 Å². The van der Waals surface area contributed by atoms with Crippen LogP contribution < -0.4 is 9.47 Å². The van der Waals surface area contributed by atoms with Gasteiger partial charge in [0.25, 0.3) is 0 Å². The Morgan fingerprint density at radius 3 is 2.65 bits per heavy atom. The first kappa shape index (κ1) is 14.7. The molecule has 0 aromatic heterocycles. The molecule has 0 radical (unpaired) electrons. The van der Waals surface area contributed by atoms with Crippen LogP contribution in [0, 0.1) is 0 Å². The normalized spacial score (nSPS) is 18.9. The first-order chi connectivity index (χ1) is 9.69. The minimum atomic E-state index is -0.150.